The summed E-state index contributed by atoms with van der Waals surface area (Å²) in [6, 6.07) is 2.03. The zero-order valence-corrected chi connectivity index (χ0v) is 5.15. The van der Waals surface area contributed by atoms with E-state index in [9.17, 15) is 0 Å². The van der Waals surface area contributed by atoms with Crippen LogP contribution in [0.1, 0.15) is 0 Å². The Bertz CT molecular complexity index is 168. The van der Waals surface area contributed by atoms with Crippen molar-refractivity contribution in [3.63, 3.8) is 0 Å². The topological polar surface area (TPSA) is 65.4 Å². The van der Waals surface area contributed by atoms with E-state index in [2.05, 4.69) is 5.10 Å². The minimum absolute atomic E-state index is 0.241. The summed E-state index contributed by atoms with van der Waals surface area (Å²) in [5, 5.41) is 13.8. The Morgan fingerprint density at radius 1 is 1.89 bits per heavy atom. The molecule has 48 valence electrons. The molecule has 0 aromatic rings. The number of hydrogen-bond acceptors (Lipinski definition) is 4. The normalized spacial score (nSPS) is 32.8. The lowest BCUT2D eigenvalue weighted by Gasteiger charge is -2.14. The Balaban J connectivity index is 2.65. The van der Waals surface area contributed by atoms with Crippen molar-refractivity contribution >= 4 is 6.21 Å². The standard InChI is InChI=1S/C5H8N4/c1-9-5(7)4(2-6)3-8-9/h3-5H,7H2,1H3/t4-,5+/m1/s1. The van der Waals surface area contributed by atoms with Gasteiger partial charge in [-0.05, 0) is 0 Å². The number of rotatable bonds is 0. The molecular weight excluding hydrogens is 116 g/mol. The van der Waals surface area contributed by atoms with Gasteiger partial charge in [-0.25, -0.2) is 0 Å². The fourth-order valence-corrected chi connectivity index (χ4v) is 0.684. The van der Waals surface area contributed by atoms with Gasteiger partial charge in [0.15, 0.2) is 0 Å². The molecule has 0 spiro atoms. The molecule has 0 aromatic heterocycles. The summed E-state index contributed by atoms with van der Waals surface area (Å²) in [7, 11) is 1.75. The molecule has 0 aliphatic carbocycles. The van der Waals surface area contributed by atoms with E-state index in [-0.39, 0.29) is 12.1 Å². The largest absolute Gasteiger partial charge is 0.309 e. The van der Waals surface area contributed by atoms with Crippen molar-refractivity contribution in [2.75, 3.05) is 7.05 Å². The highest BCUT2D eigenvalue weighted by atomic mass is 15.5. The second-order valence-corrected chi connectivity index (χ2v) is 1.98. The summed E-state index contributed by atoms with van der Waals surface area (Å²) < 4.78 is 0. The zero-order valence-electron chi connectivity index (χ0n) is 5.15. The first-order valence-electron chi connectivity index (χ1n) is 2.68. The van der Waals surface area contributed by atoms with Gasteiger partial charge in [-0.1, -0.05) is 0 Å². The molecule has 0 unspecified atom stereocenters. The molecule has 1 aliphatic rings. The monoisotopic (exact) mass is 124 g/mol. The number of hydrogen-bond donors (Lipinski definition) is 1. The van der Waals surface area contributed by atoms with Gasteiger partial charge in [-0.2, -0.15) is 10.4 Å². The molecule has 4 heteroatoms. The van der Waals surface area contributed by atoms with Crippen LogP contribution >= 0.6 is 0 Å². The summed E-state index contributed by atoms with van der Waals surface area (Å²) in [6.45, 7) is 0. The fourth-order valence-electron chi connectivity index (χ4n) is 0.684. The fraction of sp³-hybridized carbons (Fsp3) is 0.600. The Morgan fingerprint density at radius 2 is 2.56 bits per heavy atom. The smallest absolute Gasteiger partial charge is 0.118 e. The lowest BCUT2D eigenvalue weighted by Crippen LogP contribution is -2.37. The van der Waals surface area contributed by atoms with E-state index in [1.54, 1.807) is 18.3 Å². The van der Waals surface area contributed by atoms with Crippen LogP contribution in [0.5, 0.6) is 0 Å². The summed E-state index contributed by atoms with van der Waals surface area (Å²) >= 11 is 0. The lowest BCUT2D eigenvalue weighted by molar-refractivity contribution is 0.271. The van der Waals surface area contributed by atoms with E-state index in [1.165, 1.54) is 0 Å². The molecule has 0 amide bonds. The molecule has 4 nitrogen and oxygen atoms in total. The second-order valence-electron chi connectivity index (χ2n) is 1.98. The van der Waals surface area contributed by atoms with Crippen molar-refractivity contribution in [2.45, 2.75) is 6.17 Å². The molecule has 1 heterocycles. The maximum Gasteiger partial charge on any atom is 0.118 e. The maximum absolute atomic E-state index is 8.41. The quantitative estimate of drug-likeness (QED) is 0.466. The van der Waals surface area contributed by atoms with Gasteiger partial charge in [0.1, 0.15) is 12.1 Å². The molecule has 2 N–H and O–H groups in total. The molecule has 0 bridgehead atoms. The highest BCUT2D eigenvalue weighted by Crippen LogP contribution is 2.08. The Hall–Kier alpha value is -1.08. The summed E-state index contributed by atoms with van der Waals surface area (Å²) in [5.41, 5.74) is 5.51. The van der Waals surface area contributed by atoms with Crippen molar-refractivity contribution in [2.24, 2.45) is 16.8 Å². The van der Waals surface area contributed by atoms with Crippen molar-refractivity contribution in [3.05, 3.63) is 0 Å². The van der Waals surface area contributed by atoms with Gasteiger partial charge in [0, 0.05) is 13.3 Å². The van der Waals surface area contributed by atoms with Gasteiger partial charge in [0.25, 0.3) is 0 Å². The minimum atomic E-state index is -0.255. The average Bonchev–Trinajstić information content (AvgIpc) is 2.15. The molecule has 0 saturated carbocycles. The van der Waals surface area contributed by atoms with Crippen LogP contribution in [0.15, 0.2) is 5.10 Å². The van der Waals surface area contributed by atoms with Crippen molar-refractivity contribution < 1.29 is 0 Å². The number of nitrogens with zero attached hydrogens (tertiary/aromatic N) is 3. The van der Waals surface area contributed by atoms with Gasteiger partial charge in [-0.3, -0.25) is 5.01 Å². The maximum atomic E-state index is 8.41. The van der Waals surface area contributed by atoms with Crippen molar-refractivity contribution in [1.82, 2.24) is 5.01 Å². The van der Waals surface area contributed by atoms with E-state index < -0.39 is 0 Å². The minimum Gasteiger partial charge on any atom is -0.309 e. The van der Waals surface area contributed by atoms with E-state index >= 15 is 0 Å². The highest BCUT2D eigenvalue weighted by Gasteiger charge is 2.23. The molecule has 2 atom stereocenters. The molecule has 0 aromatic carbocycles. The van der Waals surface area contributed by atoms with Crippen LogP contribution in [0.2, 0.25) is 0 Å². The highest BCUT2D eigenvalue weighted by molar-refractivity contribution is 5.66. The Labute approximate surface area is 53.6 Å². The van der Waals surface area contributed by atoms with E-state index in [1.807, 2.05) is 6.07 Å². The molecule has 1 rings (SSSR count). The first kappa shape index (κ1) is 6.05. The van der Waals surface area contributed by atoms with E-state index in [0.717, 1.165) is 0 Å². The second kappa shape index (κ2) is 2.03. The Morgan fingerprint density at radius 3 is 2.78 bits per heavy atom. The first-order valence-corrected chi connectivity index (χ1v) is 2.68. The third-order valence-electron chi connectivity index (χ3n) is 1.36. The average molecular weight is 124 g/mol. The molecule has 9 heavy (non-hydrogen) atoms. The molecule has 1 aliphatic heterocycles. The van der Waals surface area contributed by atoms with Crippen LogP contribution < -0.4 is 5.73 Å². The van der Waals surface area contributed by atoms with Crippen LogP contribution in [0.4, 0.5) is 0 Å². The summed E-state index contributed by atoms with van der Waals surface area (Å²) in [4.78, 5) is 0. The van der Waals surface area contributed by atoms with Gasteiger partial charge in [0.2, 0.25) is 0 Å². The van der Waals surface area contributed by atoms with Gasteiger partial charge < -0.3 is 5.73 Å². The van der Waals surface area contributed by atoms with Gasteiger partial charge in [0.05, 0.1) is 6.07 Å². The van der Waals surface area contributed by atoms with Crippen LogP contribution in [0.25, 0.3) is 0 Å². The van der Waals surface area contributed by atoms with Crippen LogP contribution in [-0.4, -0.2) is 24.4 Å². The van der Waals surface area contributed by atoms with Crippen molar-refractivity contribution in [3.8, 4) is 6.07 Å². The number of nitriles is 1. The third kappa shape index (κ3) is 0.864. The number of nitrogens with two attached hydrogens (primary N) is 1. The summed E-state index contributed by atoms with van der Waals surface area (Å²) in [5.74, 6) is -0.241. The van der Waals surface area contributed by atoms with Crippen molar-refractivity contribution in [1.29, 1.82) is 5.26 Å². The predicted octanol–water partition coefficient (Wildman–Crippen LogP) is -0.658. The van der Waals surface area contributed by atoms with Gasteiger partial charge in [-0.15, -0.1) is 0 Å². The lowest BCUT2D eigenvalue weighted by atomic mass is 10.1. The summed E-state index contributed by atoms with van der Waals surface area (Å²) in [6.07, 6.45) is 1.31. The van der Waals surface area contributed by atoms with Gasteiger partial charge >= 0.3 is 0 Å². The zero-order chi connectivity index (χ0) is 6.85. The molecule has 0 radical (unpaired) electrons. The SMILES string of the molecule is CN1N=C[C@@H](C#N)[C@H]1N. The Kier molecular flexibility index (Phi) is 1.37. The first-order chi connectivity index (χ1) is 4.25. The van der Waals surface area contributed by atoms with Crippen LogP contribution in [-0.2, 0) is 0 Å². The molecule has 0 saturated heterocycles. The third-order valence-corrected chi connectivity index (χ3v) is 1.36. The number of hydrazone groups is 1. The predicted molar refractivity (Wildman–Crippen MR) is 33.3 cm³/mol. The molecule has 0 fully saturated rings. The van der Waals surface area contributed by atoms with Crippen LogP contribution in [0, 0.1) is 17.2 Å². The van der Waals surface area contributed by atoms with E-state index in [4.69, 9.17) is 11.0 Å². The molecular formula is C5H8N4. The van der Waals surface area contributed by atoms with E-state index in [0.29, 0.717) is 0 Å². The van der Waals surface area contributed by atoms with Crippen LogP contribution in [0.3, 0.4) is 0 Å².